The molecule has 12 nitrogen and oxygen atoms in total. The van der Waals surface area contributed by atoms with Crippen LogP contribution in [-0.4, -0.2) is 50.1 Å². The smallest absolute Gasteiger partial charge is 0.247 e. The van der Waals surface area contributed by atoms with Crippen LogP contribution in [0.15, 0.2) is 29.4 Å². The first-order valence-electron chi connectivity index (χ1n) is 15.5. The summed E-state index contributed by atoms with van der Waals surface area (Å²) in [6.45, 7) is 5.43. The Kier molecular flexibility index (Phi) is 10.6. The van der Waals surface area contributed by atoms with E-state index in [2.05, 4.69) is 15.0 Å². The van der Waals surface area contributed by atoms with Crippen molar-refractivity contribution >= 4 is 18.2 Å². The summed E-state index contributed by atoms with van der Waals surface area (Å²) in [5.41, 5.74) is -2.00. The normalized spacial score (nSPS) is 30.1. The molecule has 0 spiro atoms. The highest BCUT2D eigenvalue weighted by atomic mass is 16.2. The molecule has 7 atom stereocenters. The van der Waals surface area contributed by atoms with Crippen LogP contribution >= 0.6 is 0 Å². The van der Waals surface area contributed by atoms with Gasteiger partial charge in [0.15, 0.2) is 0 Å². The summed E-state index contributed by atoms with van der Waals surface area (Å²) in [5, 5.41) is 0. The number of aromatic nitrogens is 3. The molecule has 0 amide bonds. The SMILES string of the molecule is CC(C1CCC(N=C=O)CC1)n1c(=O)n(C(C)C2CCCCC2N=C=O)c(=O)n(C(C)C2CCCCC2N=C=O)c1=O. The molecule has 4 rings (SSSR count). The van der Waals surface area contributed by atoms with Crippen molar-refractivity contribution in [3.8, 4) is 0 Å². The highest BCUT2D eigenvalue weighted by Gasteiger charge is 2.38. The predicted molar refractivity (Wildman–Crippen MR) is 155 cm³/mol. The molecule has 42 heavy (non-hydrogen) atoms. The fourth-order valence-corrected chi connectivity index (χ4v) is 7.88. The minimum Gasteiger partial charge on any atom is -0.247 e. The van der Waals surface area contributed by atoms with Crippen LogP contribution in [0, 0.1) is 17.8 Å². The fourth-order valence-electron chi connectivity index (χ4n) is 7.88. The van der Waals surface area contributed by atoms with Crippen LogP contribution in [0.3, 0.4) is 0 Å². The van der Waals surface area contributed by atoms with Gasteiger partial charge in [0.25, 0.3) is 0 Å². The third kappa shape index (κ3) is 6.31. The van der Waals surface area contributed by atoms with Crippen LogP contribution in [0.1, 0.15) is 116 Å². The second kappa shape index (κ2) is 14.1. The average molecular weight is 583 g/mol. The van der Waals surface area contributed by atoms with Gasteiger partial charge < -0.3 is 0 Å². The second-order valence-electron chi connectivity index (χ2n) is 12.4. The zero-order chi connectivity index (χ0) is 30.4. The van der Waals surface area contributed by atoms with Gasteiger partial charge in [0.2, 0.25) is 18.2 Å². The first-order chi connectivity index (χ1) is 20.2. The van der Waals surface area contributed by atoms with E-state index in [4.69, 9.17) is 0 Å². The van der Waals surface area contributed by atoms with E-state index in [1.807, 2.05) is 6.92 Å². The number of nitrogens with zero attached hydrogens (tertiary/aromatic N) is 6. The molecule has 3 fully saturated rings. The van der Waals surface area contributed by atoms with E-state index in [0.29, 0.717) is 51.4 Å². The maximum absolute atomic E-state index is 14.2. The highest BCUT2D eigenvalue weighted by Crippen LogP contribution is 2.37. The van der Waals surface area contributed by atoms with Gasteiger partial charge >= 0.3 is 17.1 Å². The molecule has 0 N–H and O–H groups in total. The Hall–Kier alpha value is -3.45. The summed E-state index contributed by atoms with van der Waals surface area (Å²) in [5.74, 6) is -0.508. The molecule has 0 saturated heterocycles. The Labute approximate surface area is 244 Å². The predicted octanol–water partition coefficient (Wildman–Crippen LogP) is 3.54. The quantitative estimate of drug-likeness (QED) is 0.320. The van der Waals surface area contributed by atoms with Crippen molar-refractivity contribution in [3.63, 3.8) is 0 Å². The van der Waals surface area contributed by atoms with Crippen molar-refractivity contribution in [1.29, 1.82) is 0 Å². The minimum atomic E-state index is -0.684. The first-order valence-corrected chi connectivity index (χ1v) is 15.5. The van der Waals surface area contributed by atoms with Crippen LogP contribution in [0.2, 0.25) is 0 Å². The lowest BCUT2D eigenvalue weighted by Crippen LogP contribution is -2.59. The summed E-state index contributed by atoms with van der Waals surface area (Å²) in [6, 6.07) is -2.57. The molecular weight excluding hydrogens is 540 g/mol. The lowest BCUT2D eigenvalue weighted by molar-refractivity contribution is 0.177. The van der Waals surface area contributed by atoms with E-state index in [1.54, 1.807) is 32.1 Å². The summed E-state index contributed by atoms with van der Waals surface area (Å²) in [6.07, 6.45) is 13.9. The number of hydrogen-bond donors (Lipinski definition) is 0. The van der Waals surface area contributed by atoms with Crippen LogP contribution in [0.5, 0.6) is 0 Å². The average Bonchev–Trinajstić information content (AvgIpc) is 2.98. The van der Waals surface area contributed by atoms with Crippen molar-refractivity contribution in [2.24, 2.45) is 32.7 Å². The molecule has 7 unspecified atom stereocenters. The van der Waals surface area contributed by atoms with Gasteiger partial charge in [0, 0.05) is 30.0 Å². The molecule has 1 heterocycles. The van der Waals surface area contributed by atoms with Gasteiger partial charge in [-0.1, -0.05) is 25.7 Å². The van der Waals surface area contributed by atoms with Crippen LogP contribution in [0.25, 0.3) is 0 Å². The fraction of sp³-hybridized carbons (Fsp3) is 0.800. The number of carbonyl (C=O) groups excluding carboxylic acids is 3. The van der Waals surface area contributed by atoms with Crippen molar-refractivity contribution in [2.45, 2.75) is 134 Å². The number of aliphatic imine (C=N–C) groups is 3. The van der Waals surface area contributed by atoms with E-state index < -0.39 is 35.2 Å². The van der Waals surface area contributed by atoms with Crippen molar-refractivity contribution < 1.29 is 14.4 Å². The molecule has 1 aromatic heterocycles. The second-order valence-corrected chi connectivity index (χ2v) is 12.4. The Morgan fingerprint density at radius 2 is 0.929 bits per heavy atom. The Morgan fingerprint density at radius 1 is 0.548 bits per heavy atom. The summed E-state index contributed by atoms with van der Waals surface area (Å²) in [4.78, 5) is 87.7. The molecule has 3 aliphatic rings. The summed E-state index contributed by atoms with van der Waals surface area (Å²) < 4.78 is 3.62. The topological polar surface area (TPSA) is 154 Å². The molecule has 0 radical (unpaired) electrons. The molecule has 0 aliphatic heterocycles. The molecule has 12 heteroatoms. The number of isocyanates is 3. The number of hydrogen-bond acceptors (Lipinski definition) is 9. The van der Waals surface area contributed by atoms with Crippen molar-refractivity contribution in [2.75, 3.05) is 0 Å². The van der Waals surface area contributed by atoms with Gasteiger partial charge in [-0.15, -0.1) is 0 Å². The van der Waals surface area contributed by atoms with Crippen LogP contribution in [0.4, 0.5) is 0 Å². The van der Waals surface area contributed by atoms with E-state index >= 15 is 0 Å². The lowest BCUT2D eigenvalue weighted by Gasteiger charge is -2.36. The summed E-state index contributed by atoms with van der Waals surface area (Å²) >= 11 is 0. The van der Waals surface area contributed by atoms with Gasteiger partial charge in [-0.05, 0) is 78.1 Å². The van der Waals surface area contributed by atoms with Crippen molar-refractivity contribution in [1.82, 2.24) is 13.7 Å². The molecule has 228 valence electrons. The Bertz CT molecular complexity index is 1350. The zero-order valence-electron chi connectivity index (χ0n) is 24.8. The molecule has 1 aromatic rings. The van der Waals surface area contributed by atoms with Crippen molar-refractivity contribution in [3.05, 3.63) is 31.5 Å². The monoisotopic (exact) mass is 582 g/mol. The molecule has 3 aliphatic carbocycles. The standard InChI is InChI=1S/C30H42N6O6/c1-19(22-12-14-23(15-13-22)31-16-37)34-28(40)35(20(2)24-8-4-6-10-26(24)32-17-38)30(42)36(29(34)41)21(3)25-9-5-7-11-27(25)33-18-39/h19-27H,4-15H2,1-3H3. The number of rotatable bonds is 9. The molecular formula is C30H42N6O6. The highest BCUT2D eigenvalue weighted by molar-refractivity contribution is 5.34. The Morgan fingerprint density at radius 3 is 1.33 bits per heavy atom. The van der Waals surface area contributed by atoms with E-state index in [9.17, 15) is 28.8 Å². The van der Waals surface area contributed by atoms with Gasteiger partial charge in [0.1, 0.15) is 0 Å². The third-order valence-corrected chi connectivity index (χ3v) is 10.4. The van der Waals surface area contributed by atoms with Crippen LogP contribution < -0.4 is 17.1 Å². The van der Waals surface area contributed by atoms with Gasteiger partial charge in [-0.25, -0.2) is 57.4 Å². The molecule has 3 saturated carbocycles. The zero-order valence-corrected chi connectivity index (χ0v) is 24.8. The third-order valence-electron chi connectivity index (χ3n) is 10.4. The van der Waals surface area contributed by atoms with Crippen LogP contribution in [-0.2, 0) is 14.4 Å². The largest absolute Gasteiger partial charge is 0.336 e. The lowest BCUT2D eigenvalue weighted by atomic mass is 9.80. The van der Waals surface area contributed by atoms with Gasteiger partial charge in [0.05, 0.1) is 18.1 Å². The maximum Gasteiger partial charge on any atom is 0.336 e. The van der Waals surface area contributed by atoms with Gasteiger partial charge in [-0.3, -0.25) is 0 Å². The molecule has 0 bridgehead atoms. The first kappa shape index (κ1) is 31.5. The van der Waals surface area contributed by atoms with E-state index in [-0.39, 0.29) is 35.9 Å². The van der Waals surface area contributed by atoms with E-state index in [0.717, 1.165) is 25.7 Å². The van der Waals surface area contributed by atoms with E-state index in [1.165, 1.54) is 13.7 Å². The Balaban J connectivity index is 1.86. The molecule has 0 aromatic carbocycles. The maximum atomic E-state index is 14.2. The van der Waals surface area contributed by atoms with Gasteiger partial charge in [-0.2, -0.15) is 0 Å². The summed E-state index contributed by atoms with van der Waals surface area (Å²) in [7, 11) is 0. The minimum absolute atomic E-state index is 0.0253.